The number of fused-ring (bicyclic) bond motifs is 3. The van der Waals surface area contributed by atoms with E-state index in [1.54, 1.807) is 11.5 Å². The van der Waals surface area contributed by atoms with Crippen LogP contribution in [0.5, 0.6) is 0 Å². The van der Waals surface area contributed by atoms with Crippen molar-refractivity contribution in [1.82, 2.24) is 14.8 Å². The molecular formula is C11H10N4O. The van der Waals surface area contributed by atoms with E-state index in [1.807, 2.05) is 24.3 Å². The summed E-state index contributed by atoms with van der Waals surface area (Å²) >= 11 is 0. The molecule has 80 valence electrons. The van der Waals surface area contributed by atoms with E-state index in [9.17, 15) is 4.79 Å². The first-order chi connectivity index (χ1) is 7.70. The van der Waals surface area contributed by atoms with Gasteiger partial charge in [0.2, 0.25) is 0 Å². The van der Waals surface area contributed by atoms with Gasteiger partial charge in [-0.15, -0.1) is 0 Å². The number of hydrogen-bond donors (Lipinski definition) is 3. The van der Waals surface area contributed by atoms with Gasteiger partial charge in [0, 0.05) is 5.39 Å². The highest BCUT2D eigenvalue weighted by molar-refractivity contribution is 6.11. The number of aromatic nitrogens is 3. The van der Waals surface area contributed by atoms with Crippen LogP contribution < -0.4 is 5.56 Å². The normalized spacial score (nSPS) is 11.3. The van der Waals surface area contributed by atoms with Crippen molar-refractivity contribution < 1.29 is 0 Å². The topological polar surface area (TPSA) is 77.4 Å². The molecule has 2 aromatic heterocycles. The summed E-state index contributed by atoms with van der Waals surface area (Å²) in [5.74, 6) is 0.330. The Labute approximate surface area is 90.2 Å². The lowest BCUT2D eigenvalue weighted by Gasteiger charge is -2.01. The van der Waals surface area contributed by atoms with Gasteiger partial charge in [0.1, 0.15) is 11.4 Å². The monoisotopic (exact) mass is 214 g/mol. The van der Waals surface area contributed by atoms with E-state index in [4.69, 9.17) is 5.41 Å². The highest BCUT2D eigenvalue weighted by Crippen LogP contribution is 2.24. The van der Waals surface area contributed by atoms with E-state index in [0.29, 0.717) is 11.4 Å². The van der Waals surface area contributed by atoms with E-state index in [0.717, 1.165) is 16.4 Å². The summed E-state index contributed by atoms with van der Waals surface area (Å²) in [5, 5.41) is 14.1. The number of rotatable bonds is 0. The molecule has 0 unspecified atom stereocenters. The van der Waals surface area contributed by atoms with Crippen LogP contribution in [0.2, 0.25) is 0 Å². The molecule has 0 bridgehead atoms. The zero-order valence-electron chi connectivity index (χ0n) is 8.66. The summed E-state index contributed by atoms with van der Waals surface area (Å²) in [6, 6.07) is 7.65. The van der Waals surface area contributed by atoms with Crippen LogP contribution in [0.15, 0.2) is 29.1 Å². The molecule has 2 heterocycles. The van der Waals surface area contributed by atoms with Gasteiger partial charge >= 0.3 is 0 Å². The number of H-pyrrole nitrogens is 2. The van der Waals surface area contributed by atoms with Crippen LogP contribution in [0.4, 0.5) is 0 Å². The second-order valence-electron chi connectivity index (χ2n) is 3.74. The Kier molecular flexibility index (Phi) is 1.60. The van der Waals surface area contributed by atoms with Gasteiger partial charge in [0.25, 0.3) is 5.56 Å². The van der Waals surface area contributed by atoms with Gasteiger partial charge < -0.3 is 0 Å². The molecule has 0 amide bonds. The van der Waals surface area contributed by atoms with E-state index >= 15 is 0 Å². The Hall–Kier alpha value is -2.30. The van der Waals surface area contributed by atoms with Crippen molar-refractivity contribution in [3.05, 3.63) is 34.6 Å². The van der Waals surface area contributed by atoms with Crippen molar-refractivity contribution in [2.45, 2.75) is 6.92 Å². The minimum Gasteiger partial charge on any atom is -0.295 e. The molecule has 0 fully saturated rings. The van der Waals surface area contributed by atoms with Crippen molar-refractivity contribution >= 4 is 27.8 Å². The number of nitrogens with zero attached hydrogens (tertiary/aromatic N) is 1. The average molecular weight is 214 g/mol. The molecule has 0 atom stereocenters. The third-order valence-corrected chi connectivity index (χ3v) is 2.73. The van der Waals surface area contributed by atoms with Crippen LogP contribution >= 0.6 is 0 Å². The molecule has 3 aromatic rings. The first-order valence-electron chi connectivity index (χ1n) is 4.95. The molecule has 1 aromatic carbocycles. The van der Waals surface area contributed by atoms with Crippen molar-refractivity contribution in [3.63, 3.8) is 0 Å². The molecule has 0 saturated carbocycles. The summed E-state index contributed by atoms with van der Waals surface area (Å²) in [5.41, 5.74) is 1.95. The highest BCUT2D eigenvalue weighted by atomic mass is 16.1. The van der Waals surface area contributed by atoms with Gasteiger partial charge in [-0.05, 0) is 13.0 Å². The third kappa shape index (κ3) is 0.942. The Morgan fingerprint density at radius 2 is 2.06 bits per heavy atom. The van der Waals surface area contributed by atoms with Crippen LogP contribution in [-0.4, -0.2) is 20.6 Å². The Bertz CT molecular complexity index is 759. The van der Waals surface area contributed by atoms with Gasteiger partial charge in [-0.25, -0.2) is 0 Å². The van der Waals surface area contributed by atoms with Crippen molar-refractivity contribution in [1.29, 1.82) is 5.41 Å². The second-order valence-corrected chi connectivity index (χ2v) is 3.74. The average Bonchev–Trinajstić information content (AvgIpc) is 2.77. The predicted molar refractivity (Wildman–Crippen MR) is 63.2 cm³/mol. The van der Waals surface area contributed by atoms with E-state index in [2.05, 4.69) is 10.2 Å². The molecule has 3 N–H and O–H groups in total. The number of hydrogen-bond acceptors (Lipinski definition) is 2. The summed E-state index contributed by atoms with van der Waals surface area (Å²) < 4.78 is 1.65. The number of aromatic amines is 2. The van der Waals surface area contributed by atoms with Crippen molar-refractivity contribution in [2.75, 3.05) is 0 Å². The lowest BCUT2D eigenvalue weighted by Crippen LogP contribution is -2.11. The van der Waals surface area contributed by atoms with Gasteiger partial charge in [-0.1, -0.05) is 18.2 Å². The number of benzene rings is 1. The molecular weight excluding hydrogens is 204 g/mol. The zero-order chi connectivity index (χ0) is 11.3. The molecule has 5 nitrogen and oxygen atoms in total. The molecule has 0 aliphatic heterocycles. The summed E-state index contributed by atoms with van der Waals surface area (Å²) in [4.78, 5) is 11.7. The maximum Gasteiger partial charge on any atom is 0.288 e. The van der Waals surface area contributed by atoms with Gasteiger partial charge in [-0.3, -0.25) is 25.0 Å². The predicted octanol–water partition coefficient (Wildman–Crippen LogP) is 1.66. The van der Waals surface area contributed by atoms with E-state index in [1.165, 1.54) is 0 Å². The summed E-state index contributed by atoms with van der Waals surface area (Å²) in [6.45, 7) is 1.66. The molecule has 3 rings (SSSR count). The lowest BCUT2D eigenvalue weighted by atomic mass is 10.2. The SMILES string of the molecule is CC(=N)n1c2ccccc2c2[nH][nH]c(=O)c21. The highest BCUT2D eigenvalue weighted by Gasteiger charge is 2.15. The molecule has 5 heteroatoms. The molecule has 0 saturated heterocycles. The zero-order valence-corrected chi connectivity index (χ0v) is 8.66. The first-order valence-corrected chi connectivity index (χ1v) is 4.95. The molecule has 0 radical (unpaired) electrons. The van der Waals surface area contributed by atoms with Crippen LogP contribution in [0, 0.1) is 5.41 Å². The largest absolute Gasteiger partial charge is 0.295 e. The second kappa shape index (κ2) is 2.85. The fraction of sp³-hybridized carbons (Fsp3) is 0.0909. The Morgan fingerprint density at radius 1 is 1.31 bits per heavy atom. The summed E-state index contributed by atoms with van der Waals surface area (Å²) in [6.07, 6.45) is 0. The molecule has 16 heavy (non-hydrogen) atoms. The molecule has 0 spiro atoms. The number of nitrogens with one attached hydrogen (secondary N) is 3. The molecule has 0 aliphatic rings. The smallest absolute Gasteiger partial charge is 0.288 e. The summed E-state index contributed by atoms with van der Waals surface area (Å²) in [7, 11) is 0. The Balaban J connectivity index is 2.71. The maximum absolute atomic E-state index is 11.7. The quantitative estimate of drug-likeness (QED) is 0.386. The van der Waals surface area contributed by atoms with Crippen LogP contribution in [-0.2, 0) is 0 Å². The fourth-order valence-corrected chi connectivity index (χ4v) is 2.11. The third-order valence-electron chi connectivity index (χ3n) is 2.73. The van der Waals surface area contributed by atoms with Gasteiger partial charge in [0.15, 0.2) is 0 Å². The fourth-order valence-electron chi connectivity index (χ4n) is 2.11. The Morgan fingerprint density at radius 3 is 2.81 bits per heavy atom. The minimum absolute atomic E-state index is 0.196. The van der Waals surface area contributed by atoms with Crippen LogP contribution in [0.3, 0.4) is 0 Å². The van der Waals surface area contributed by atoms with Gasteiger partial charge in [-0.2, -0.15) is 0 Å². The van der Waals surface area contributed by atoms with Crippen molar-refractivity contribution in [3.8, 4) is 0 Å². The number of para-hydroxylation sites is 1. The minimum atomic E-state index is -0.196. The standard InChI is InChI=1S/C11H10N4O/c1-6(12)15-8-5-3-2-4-7(8)9-10(15)11(16)14-13-9/h2-5,12H,1H3,(H2,13,14,16). The van der Waals surface area contributed by atoms with Crippen LogP contribution in [0.25, 0.3) is 21.9 Å². The molecule has 0 aliphatic carbocycles. The maximum atomic E-state index is 11.7. The van der Waals surface area contributed by atoms with Crippen LogP contribution in [0.1, 0.15) is 6.92 Å². The van der Waals surface area contributed by atoms with E-state index in [-0.39, 0.29) is 5.56 Å². The van der Waals surface area contributed by atoms with E-state index < -0.39 is 0 Å². The van der Waals surface area contributed by atoms with Gasteiger partial charge in [0.05, 0.1) is 11.0 Å². The first kappa shape index (κ1) is 8.96. The van der Waals surface area contributed by atoms with Crippen molar-refractivity contribution in [2.24, 2.45) is 0 Å². The lowest BCUT2D eigenvalue weighted by molar-refractivity contribution is 1.07.